The van der Waals surface area contributed by atoms with Crippen molar-refractivity contribution in [2.24, 2.45) is 0 Å². The van der Waals surface area contributed by atoms with Crippen molar-refractivity contribution in [3.05, 3.63) is 46.8 Å². The fourth-order valence-electron chi connectivity index (χ4n) is 1.62. The van der Waals surface area contributed by atoms with E-state index >= 15 is 0 Å². The fraction of sp³-hybridized carbons (Fsp3) is 0.0714. The molecule has 1 aromatic carbocycles. The average Bonchev–Trinajstić information content (AvgIpc) is 2.86. The molecule has 0 saturated heterocycles. The number of carbonyl (C=O) groups excluding carboxylic acids is 2. The van der Waals surface area contributed by atoms with Gasteiger partial charge in [-0.15, -0.1) is 11.3 Å². The zero-order chi connectivity index (χ0) is 15.4. The minimum atomic E-state index is -1.06. The molecule has 2 rings (SSSR count). The summed E-state index contributed by atoms with van der Waals surface area (Å²) in [5.74, 6) is -1.63. The van der Waals surface area contributed by atoms with Crippen molar-refractivity contribution in [3.63, 3.8) is 0 Å². The number of carboxylic acid groups (broad SMARTS) is 1. The number of hydrogen-bond donors (Lipinski definition) is 3. The Morgan fingerprint density at radius 3 is 2.52 bits per heavy atom. The number of thiophene rings is 1. The maximum Gasteiger partial charge on any atom is 0.335 e. The number of benzene rings is 1. The van der Waals surface area contributed by atoms with Gasteiger partial charge in [0.2, 0.25) is 5.91 Å². The van der Waals surface area contributed by atoms with E-state index in [0.29, 0.717) is 15.6 Å². The monoisotopic (exact) mass is 304 g/mol. The van der Waals surface area contributed by atoms with Crippen LogP contribution < -0.4 is 10.6 Å². The van der Waals surface area contributed by atoms with Gasteiger partial charge >= 0.3 is 5.97 Å². The molecule has 3 N–H and O–H groups in total. The second-order valence-electron chi connectivity index (χ2n) is 4.19. The Bertz CT molecular complexity index is 709. The zero-order valence-electron chi connectivity index (χ0n) is 11.0. The van der Waals surface area contributed by atoms with Gasteiger partial charge in [-0.1, -0.05) is 6.07 Å². The third-order valence-corrected chi connectivity index (χ3v) is 3.50. The molecule has 2 amide bonds. The number of carbonyl (C=O) groups is 3. The number of aromatic carboxylic acids is 1. The molecule has 6 nitrogen and oxygen atoms in total. The van der Waals surface area contributed by atoms with E-state index in [1.54, 1.807) is 24.3 Å². The Morgan fingerprint density at radius 2 is 1.86 bits per heavy atom. The Kier molecular flexibility index (Phi) is 4.34. The number of rotatable bonds is 4. The molecule has 0 spiro atoms. The average molecular weight is 304 g/mol. The van der Waals surface area contributed by atoms with E-state index in [1.165, 1.54) is 19.1 Å². The van der Waals surface area contributed by atoms with Crippen LogP contribution in [0.15, 0.2) is 36.4 Å². The highest BCUT2D eigenvalue weighted by molar-refractivity contribution is 7.18. The van der Waals surface area contributed by atoms with E-state index in [2.05, 4.69) is 10.6 Å². The lowest BCUT2D eigenvalue weighted by Crippen LogP contribution is -2.10. The van der Waals surface area contributed by atoms with E-state index in [1.807, 2.05) is 0 Å². The lowest BCUT2D eigenvalue weighted by atomic mass is 10.2. The Hall–Kier alpha value is -2.67. The molecule has 0 aliphatic heterocycles. The van der Waals surface area contributed by atoms with Gasteiger partial charge in [0.15, 0.2) is 0 Å². The van der Waals surface area contributed by atoms with E-state index in [0.717, 1.165) is 11.3 Å². The van der Waals surface area contributed by atoms with Gasteiger partial charge in [-0.2, -0.15) is 0 Å². The van der Waals surface area contributed by atoms with Crippen LogP contribution in [-0.4, -0.2) is 22.9 Å². The summed E-state index contributed by atoms with van der Waals surface area (Å²) in [6.45, 7) is 1.39. The van der Waals surface area contributed by atoms with Crippen LogP contribution in [0.1, 0.15) is 27.0 Å². The molecule has 1 aromatic heterocycles. The van der Waals surface area contributed by atoms with Gasteiger partial charge in [-0.05, 0) is 30.3 Å². The van der Waals surface area contributed by atoms with Gasteiger partial charge in [0.25, 0.3) is 5.91 Å². The van der Waals surface area contributed by atoms with E-state index in [4.69, 9.17) is 5.11 Å². The van der Waals surface area contributed by atoms with Crippen molar-refractivity contribution in [1.82, 2.24) is 0 Å². The number of hydrogen-bond acceptors (Lipinski definition) is 4. The Labute approximate surface area is 124 Å². The number of carboxylic acids is 1. The number of anilines is 2. The predicted octanol–water partition coefficient (Wildman–Crippen LogP) is 2.66. The standard InChI is InChI=1S/C14H12N2O4S/c1-8(17)15-12-6-5-11(21-12)13(18)16-10-4-2-3-9(7-10)14(19)20/h2-7H,1H3,(H,15,17)(H,16,18)(H,19,20). The first-order valence-electron chi connectivity index (χ1n) is 5.98. The first kappa shape index (κ1) is 14.7. The zero-order valence-corrected chi connectivity index (χ0v) is 11.9. The highest BCUT2D eigenvalue weighted by atomic mass is 32.1. The highest BCUT2D eigenvalue weighted by Gasteiger charge is 2.11. The molecule has 108 valence electrons. The molecule has 21 heavy (non-hydrogen) atoms. The molecule has 0 saturated carbocycles. The van der Waals surface area contributed by atoms with Crippen LogP contribution in [0, 0.1) is 0 Å². The van der Waals surface area contributed by atoms with Crippen LogP contribution in [0.3, 0.4) is 0 Å². The van der Waals surface area contributed by atoms with Crippen molar-refractivity contribution in [1.29, 1.82) is 0 Å². The predicted molar refractivity (Wildman–Crippen MR) is 80.0 cm³/mol. The second kappa shape index (κ2) is 6.19. The molecule has 2 aromatic rings. The second-order valence-corrected chi connectivity index (χ2v) is 5.27. The Balaban J connectivity index is 2.10. The molecule has 1 heterocycles. The number of amides is 2. The molecular formula is C14H12N2O4S. The third-order valence-electron chi connectivity index (χ3n) is 2.50. The van der Waals surface area contributed by atoms with Crippen LogP contribution in [-0.2, 0) is 4.79 Å². The third kappa shape index (κ3) is 3.90. The minimum absolute atomic E-state index is 0.0953. The van der Waals surface area contributed by atoms with Crippen molar-refractivity contribution >= 4 is 39.8 Å². The topological polar surface area (TPSA) is 95.5 Å². The molecule has 0 fully saturated rings. The summed E-state index contributed by atoms with van der Waals surface area (Å²) in [5.41, 5.74) is 0.493. The smallest absolute Gasteiger partial charge is 0.335 e. The van der Waals surface area contributed by atoms with E-state index in [9.17, 15) is 14.4 Å². The van der Waals surface area contributed by atoms with Gasteiger partial charge in [-0.3, -0.25) is 9.59 Å². The summed E-state index contributed by atoms with van der Waals surface area (Å²) >= 11 is 1.14. The highest BCUT2D eigenvalue weighted by Crippen LogP contribution is 2.23. The maximum atomic E-state index is 12.0. The molecule has 7 heteroatoms. The summed E-state index contributed by atoms with van der Waals surface area (Å²) in [6, 6.07) is 9.20. The molecule has 0 unspecified atom stereocenters. The van der Waals surface area contributed by atoms with Crippen LogP contribution in [0.25, 0.3) is 0 Å². The quantitative estimate of drug-likeness (QED) is 0.809. The van der Waals surface area contributed by atoms with Crippen LogP contribution >= 0.6 is 11.3 Å². The largest absolute Gasteiger partial charge is 0.478 e. The minimum Gasteiger partial charge on any atom is -0.478 e. The van der Waals surface area contributed by atoms with Crippen molar-refractivity contribution in [2.75, 3.05) is 10.6 Å². The van der Waals surface area contributed by atoms with Gasteiger partial charge < -0.3 is 15.7 Å². The molecule has 0 aliphatic rings. The summed E-state index contributed by atoms with van der Waals surface area (Å²) in [5, 5.41) is 14.7. The van der Waals surface area contributed by atoms with Crippen LogP contribution in [0.4, 0.5) is 10.7 Å². The maximum absolute atomic E-state index is 12.0. The van der Waals surface area contributed by atoms with Crippen LogP contribution in [0.2, 0.25) is 0 Å². The lowest BCUT2D eigenvalue weighted by Gasteiger charge is -2.04. The van der Waals surface area contributed by atoms with Crippen LogP contribution in [0.5, 0.6) is 0 Å². The first-order valence-corrected chi connectivity index (χ1v) is 6.79. The van der Waals surface area contributed by atoms with Gasteiger partial charge in [0.05, 0.1) is 15.4 Å². The summed E-state index contributed by atoms with van der Waals surface area (Å²) < 4.78 is 0. The lowest BCUT2D eigenvalue weighted by molar-refractivity contribution is -0.114. The van der Waals surface area contributed by atoms with Gasteiger partial charge in [-0.25, -0.2) is 4.79 Å². The molecule has 0 aliphatic carbocycles. The fourth-order valence-corrected chi connectivity index (χ4v) is 2.47. The molecule has 0 atom stereocenters. The molecular weight excluding hydrogens is 292 g/mol. The summed E-state index contributed by atoms with van der Waals surface area (Å²) in [6.07, 6.45) is 0. The SMILES string of the molecule is CC(=O)Nc1ccc(C(=O)Nc2cccc(C(=O)O)c2)s1. The van der Waals surface area contributed by atoms with Crippen molar-refractivity contribution < 1.29 is 19.5 Å². The first-order chi connectivity index (χ1) is 9.95. The van der Waals surface area contributed by atoms with Gasteiger partial charge in [0, 0.05) is 12.6 Å². The van der Waals surface area contributed by atoms with Gasteiger partial charge in [0.1, 0.15) is 0 Å². The van der Waals surface area contributed by atoms with E-state index in [-0.39, 0.29) is 17.4 Å². The summed E-state index contributed by atoms with van der Waals surface area (Å²) in [4.78, 5) is 34.2. The van der Waals surface area contributed by atoms with Crippen molar-refractivity contribution in [3.8, 4) is 0 Å². The Morgan fingerprint density at radius 1 is 1.10 bits per heavy atom. The summed E-state index contributed by atoms with van der Waals surface area (Å²) in [7, 11) is 0. The van der Waals surface area contributed by atoms with E-state index < -0.39 is 5.97 Å². The molecule has 0 bridgehead atoms. The number of nitrogens with one attached hydrogen (secondary N) is 2. The normalized spacial score (nSPS) is 9.95. The molecule has 0 radical (unpaired) electrons. The van der Waals surface area contributed by atoms with Crippen molar-refractivity contribution in [2.45, 2.75) is 6.92 Å².